The van der Waals surface area contributed by atoms with Crippen LogP contribution in [-0.2, 0) is 0 Å². The highest BCUT2D eigenvalue weighted by molar-refractivity contribution is 5.22. The fraction of sp³-hybridized carbons (Fsp3) is 0.500. The summed E-state index contributed by atoms with van der Waals surface area (Å²) in [4.78, 5) is 0. The van der Waals surface area contributed by atoms with Gasteiger partial charge in [0.15, 0.2) is 0 Å². The van der Waals surface area contributed by atoms with Crippen molar-refractivity contribution in [2.24, 2.45) is 5.73 Å². The summed E-state index contributed by atoms with van der Waals surface area (Å²) in [5.74, 6) is 0.536. The van der Waals surface area contributed by atoms with Gasteiger partial charge in [0, 0.05) is 5.54 Å². The molecule has 0 spiro atoms. The number of rotatable bonds is 2. The number of benzene rings is 1. The molecule has 14 heavy (non-hydrogen) atoms. The molecule has 0 radical (unpaired) electrons. The van der Waals surface area contributed by atoms with Crippen LogP contribution in [0.2, 0.25) is 0 Å². The molecule has 76 valence electrons. The molecule has 1 aliphatic carbocycles. The van der Waals surface area contributed by atoms with Crippen LogP contribution >= 0.6 is 0 Å². The molecule has 1 saturated carbocycles. The van der Waals surface area contributed by atoms with Gasteiger partial charge in [-0.05, 0) is 30.7 Å². The summed E-state index contributed by atoms with van der Waals surface area (Å²) >= 11 is 0. The average molecular weight is 191 g/mol. The predicted molar refractivity (Wildman–Crippen MR) is 57.0 cm³/mol. The molecular formula is C12H17NO. The molecule has 0 bridgehead atoms. The Labute approximate surface area is 84.7 Å². The molecule has 0 saturated heterocycles. The van der Waals surface area contributed by atoms with Crippen molar-refractivity contribution in [3.8, 4) is 0 Å². The number of hydrogen-bond donors (Lipinski definition) is 2. The summed E-state index contributed by atoms with van der Waals surface area (Å²) in [6.45, 7) is 0.107. The van der Waals surface area contributed by atoms with Crippen molar-refractivity contribution in [3.63, 3.8) is 0 Å². The van der Waals surface area contributed by atoms with Crippen LogP contribution in [0.4, 0.5) is 0 Å². The highest BCUT2D eigenvalue weighted by Crippen LogP contribution is 2.39. The van der Waals surface area contributed by atoms with E-state index in [9.17, 15) is 0 Å². The molecule has 0 amide bonds. The lowest BCUT2D eigenvalue weighted by atomic mass is 9.94. The molecule has 3 N–H and O–H groups in total. The Balaban J connectivity index is 2.10. The quantitative estimate of drug-likeness (QED) is 0.746. The molecule has 0 heterocycles. The maximum Gasteiger partial charge on any atom is 0.0611 e. The van der Waals surface area contributed by atoms with E-state index in [2.05, 4.69) is 24.3 Å². The highest BCUT2D eigenvalue weighted by atomic mass is 16.3. The fourth-order valence-electron chi connectivity index (χ4n) is 2.31. The van der Waals surface area contributed by atoms with Crippen molar-refractivity contribution in [1.29, 1.82) is 0 Å². The van der Waals surface area contributed by atoms with Crippen molar-refractivity contribution < 1.29 is 5.11 Å². The molecule has 1 aromatic carbocycles. The van der Waals surface area contributed by atoms with Gasteiger partial charge in [0.25, 0.3) is 0 Å². The first kappa shape index (κ1) is 9.69. The molecule has 1 aliphatic rings. The second-order valence-corrected chi connectivity index (χ2v) is 4.37. The smallest absolute Gasteiger partial charge is 0.0611 e. The van der Waals surface area contributed by atoms with Crippen molar-refractivity contribution in [2.75, 3.05) is 6.61 Å². The summed E-state index contributed by atoms with van der Waals surface area (Å²) in [5.41, 5.74) is 7.06. The monoisotopic (exact) mass is 191 g/mol. The summed E-state index contributed by atoms with van der Waals surface area (Å²) in [6, 6.07) is 10.4. The third-order valence-electron chi connectivity index (χ3n) is 3.23. The molecule has 1 fully saturated rings. The van der Waals surface area contributed by atoms with Crippen molar-refractivity contribution in [2.45, 2.75) is 30.7 Å². The molecule has 2 heteroatoms. The maximum atomic E-state index is 9.16. The van der Waals surface area contributed by atoms with Gasteiger partial charge in [-0.1, -0.05) is 30.3 Å². The zero-order chi connectivity index (χ0) is 10.0. The zero-order valence-corrected chi connectivity index (χ0v) is 8.32. The lowest BCUT2D eigenvalue weighted by molar-refractivity contribution is 0.198. The lowest BCUT2D eigenvalue weighted by Crippen LogP contribution is -2.40. The van der Waals surface area contributed by atoms with Gasteiger partial charge in [0.1, 0.15) is 0 Å². The molecule has 2 nitrogen and oxygen atoms in total. The standard InChI is InChI=1S/C12H17NO/c13-12(9-14)7-6-11(8-12)10-4-2-1-3-5-10/h1-5,11,14H,6-9,13H2/t11?,12-/m1/s1. The zero-order valence-electron chi connectivity index (χ0n) is 8.32. The molecule has 2 rings (SSSR count). The van der Waals surface area contributed by atoms with Gasteiger partial charge in [-0.2, -0.15) is 0 Å². The predicted octanol–water partition coefficient (Wildman–Crippen LogP) is 1.64. The average Bonchev–Trinajstić information content (AvgIpc) is 2.63. The van der Waals surface area contributed by atoms with E-state index in [0.717, 1.165) is 19.3 Å². The van der Waals surface area contributed by atoms with Crippen LogP contribution in [0.15, 0.2) is 30.3 Å². The van der Waals surface area contributed by atoms with E-state index >= 15 is 0 Å². The maximum absolute atomic E-state index is 9.16. The molecule has 1 aromatic rings. The Morgan fingerprint density at radius 3 is 2.64 bits per heavy atom. The minimum absolute atomic E-state index is 0.107. The number of hydrogen-bond acceptors (Lipinski definition) is 2. The van der Waals surface area contributed by atoms with E-state index in [4.69, 9.17) is 10.8 Å². The van der Waals surface area contributed by atoms with Gasteiger partial charge in [-0.15, -0.1) is 0 Å². The van der Waals surface area contributed by atoms with E-state index in [0.29, 0.717) is 5.92 Å². The largest absolute Gasteiger partial charge is 0.394 e. The van der Waals surface area contributed by atoms with E-state index in [1.165, 1.54) is 5.56 Å². The Bertz CT molecular complexity index is 298. The van der Waals surface area contributed by atoms with Gasteiger partial charge in [-0.3, -0.25) is 0 Å². The first-order valence-corrected chi connectivity index (χ1v) is 5.18. The lowest BCUT2D eigenvalue weighted by Gasteiger charge is -2.20. The minimum atomic E-state index is -0.333. The third kappa shape index (κ3) is 1.81. The first-order chi connectivity index (χ1) is 6.73. The molecule has 2 atom stereocenters. The van der Waals surface area contributed by atoms with Gasteiger partial charge < -0.3 is 10.8 Å². The summed E-state index contributed by atoms with van der Waals surface area (Å²) in [7, 11) is 0. The van der Waals surface area contributed by atoms with Crippen molar-refractivity contribution in [1.82, 2.24) is 0 Å². The second kappa shape index (κ2) is 3.71. The van der Waals surface area contributed by atoms with Gasteiger partial charge in [0.05, 0.1) is 6.61 Å². The normalized spacial score (nSPS) is 32.0. The van der Waals surface area contributed by atoms with Gasteiger partial charge in [-0.25, -0.2) is 0 Å². The highest BCUT2D eigenvalue weighted by Gasteiger charge is 2.35. The van der Waals surface area contributed by atoms with Crippen LogP contribution in [0, 0.1) is 0 Å². The summed E-state index contributed by atoms with van der Waals surface area (Å²) in [5, 5.41) is 9.16. The Hall–Kier alpha value is -0.860. The number of aliphatic hydroxyl groups excluding tert-OH is 1. The summed E-state index contributed by atoms with van der Waals surface area (Å²) in [6.07, 6.45) is 2.94. The van der Waals surface area contributed by atoms with Gasteiger partial charge >= 0.3 is 0 Å². The van der Waals surface area contributed by atoms with Crippen molar-refractivity contribution in [3.05, 3.63) is 35.9 Å². The van der Waals surface area contributed by atoms with E-state index in [1.54, 1.807) is 0 Å². The molecule has 0 aliphatic heterocycles. The van der Waals surface area contributed by atoms with E-state index < -0.39 is 0 Å². The Morgan fingerprint density at radius 1 is 1.36 bits per heavy atom. The van der Waals surface area contributed by atoms with Crippen molar-refractivity contribution >= 4 is 0 Å². The topological polar surface area (TPSA) is 46.2 Å². The van der Waals surface area contributed by atoms with E-state index in [1.807, 2.05) is 6.07 Å². The second-order valence-electron chi connectivity index (χ2n) is 4.37. The fourth-order valence-corrected chi connectivity index (χ4v) is 2.31. The third-order valence-corrected chi connectivity index (χ3v) is 3.23. The molecule has 1 unspecified atom stereocenters. The molecular weight excluding hydrogens is 174 g/mol. The first-order valence-electron chi connectivity index (χ1n) is 5.18. The van der Waals surface area contributed by atoms with Crippen LogP contribution in [0.1, 0.15) is 30.7 Å². The van der Waals surface area contributed by atoms with Crippen LogP contribution in [0.25, 0.3) is 0 Å². The SMILES string of the molecule is N[C@]1(CO)CCC(c2ccccc2)C1. The summed E-state index contributed by atoms with van der Waals surface area (Å²) < 4.78 is 0. The van der Waals surface area contributed by atoms with E-state index in [-0.39, 0.29) is 12.1 Å². The van der Waals surface area contributed by atoms with Crippen LogP contribution in [0.5, 0.6) is 0 Å². The Kier molecular flexibility index (Phi) is 2.57. The van der Waals surface area contributed by atoms with Crippen LogP contribution in [-0.4, -0.2) is 17.3 Å². The Morgan fingerprint density at radius 2 is 2.07 bits per heavy atom. The number of aliphatic hydroxyl groups is 1. The van der Waals surface area contributed by atoms with Crippen LogP contribution in [0.3, 0.4) is 0 Å². The number of nitrogens with two attached hydrogens (primary N) is 1. The molecule has 0 aromatic heterocycles. The van der Waals surface area contributed by atoms with Gasteiger partial charge in [0.2, 0.25) is 0 Å². The van der Waals surface area contributed by atoms with Crippen LogP contribution < -0.4 is 5.73 Å². The minimum Gasteiger partial charge on any atom is -0.394 e.